The van der Waals surface area contributed by atoms with Crippen LogP contribution in [0.1, 0.15) is 25.0 Å². The maximum absolute atomic E-state index is 9.46. The highest BCUT2D eigenvalue weighted by Crippen LogP contribution is 2.33. The van der Waals surface area contributed by atoms with Crippen molar-refractivity contribution in [2.45, 2.75) is 25.9 Å². The largest absolute Gasteiger partial charge is 0.493 e. The van der Waals surface area contributed by atoms with E-state index in [9.17, 15) is 5.11 Å². The monoisotopic (exact) mass is 286 g/mol. The summed E-state index contributed by atoms with van der Waals surface area (Å²) >= 11 is 0. The van der Waals surface area contributed by atoms with Crippen LogP contribution < -0.4 is 9.47 Å². The van der Waals surface area contributed by atoms with Gasteiger partial charge in [-0.1, -0.05) is 50.2 Å². The van der Waals surface area contributed by atoms with E-state index < -0.39 is 0 Å². The van der Waals surface area contributed by atoms with Gasteiger partial charge in [-0.25, -0.2) is 0 Å². The minimum absolute atomic E-state index is 0.0837. The Labute approximate surface area is 126 Å². The number of ether oxygens (including phenoxy) is 2. The molecule has 0 spiro atoms. The van der Waals surface area contributed by atoms with Crippen molar-refractivity contribution in [1.82, 2.24) is 0 Å². The first kappa shape index (κ1) is 15.4. The van der Waals surface area contributed by atoms with Gasteiger partial charge in [0.05, 0.1) is 13.7 Å². The van der Waals surface area contributed by atoms with Crippen LogP contribution in [0, 0.1) is 0 Å². The molecule has 0 amide bonds. The van der Waals surface area contributed by atoms with Crippen LogP contribution >= 0.6 is 0 Å². The van der Waals surface area contributed by atoms with E-state index in [1.54, 1.807) is 7.11 Å². The lowest BCUT2D eigenvalue weighted by Gasteiger charge is -2.23. The lowest BCUT2D eigenvalue weighted by molar-refractivity contribution is 0.217. The minimum Gasteiger partial charge on any atom is -0.493 e. The van der Waals surface area contributed by atoms with Gasteiger partial charge in [0.1, 0.15) is 6.61 Å². The minimum atomic E-state index is -0.300. The number of benzene rings is 2. The van der Waals surface area contributed by atoms with Crippen LogP contribution in [0.5, 0.6) is 11.5 Å². The van der Waals surface area contributed by atoms with Crippen molar-refractivity contribution in [3.8, 4) is 11.5 Å². The fraction of sp³-hybridized carbons (Fsp3) is 0.333. The zero-order valence-electron chi connectivity index (χ0n) is 12.8. The summed E-state index contributed by atoms with van der Waals surface area (Å²) in [6.45, 7) is 4.57. The van der Waals surface area contributed by atoms with Crippen molar-refractivity contribution in [2.75, 3.05) is 13.7 Å². The Bertz CT molecular complexity index is 576. The van der Waals surface area contributed by atoms with Gasteiger partial charge in [0.25, 0.3) is 0 Å². The number of hydrogen-bond acceptors (Lipinski definition) is 3. The summed E-state index contributed by atoms with van der Waals surface area (Å²) in [4.78, 5) is 0. The second-order valence-corrected chi connectivity index (χ2v) is 5.68. The third kappa shape index (κ3) is 3.76. The molecule has 21 heavy (non-hydrogen) atoms. The lowest BCUT2D eigenvalue weighted by Crippen LogP contribution is -2.22. The molecule has 0 aliphatic rings. The highest BCUT2D eigenvalue weighted by Gasteiger charge is 2.21. The van der Waals surface area contributed by atoms with Crippen LogP contribution in [0.25, 0.3) is 0 Å². The van der Waals surface area contributed by atoms with Crippen LogP contribution in [0.2, 0.25) is 0 Å². The van der Waals surface area contributed by atoms with Crippen molar-refractivity contribution < 1.29 is 14.6 Å². The molecule has 2 aromatic carbocycles. The fourth-order valence-corrected chi connectivity index (χ4v) is 2.03. The third-order valence-corrected chi connectivity index (χ3v) is 3.58. The van der Waals surface area contributed by atoms with Gasteiger partial charge in [-0.2, -0.15) is 0 Å². The molecular formula is C18H22O3. The Kier molecular flexibility index (Phi) is 4.86. The highest BCUT2D eigenvalue weighted by molar-refractivity contribution is 5.45. The van der Waals surface area contributed by atoms with Gasteiger partial charge in [-0.05, 0) is 23.3 Å². The number of rotatable bonds is 6. The molecule has 0 fully saturated rings. The van der Waals surface area contributed by atoms with Crippen LogP contribution in [0.4, 0.5) is 0 Å². The second-order valence-electron chi connectivity index (χ2n) is 5.68. The summed E-state index contributed by atoms with van der Waals surface area (Å²) < 4.78 is 11.2. The van der Waals surface area contributed by atoms with Gasteiger partial charge in [0.2, 0.25) is 0 Å². The zero-order valence-corrected chi connectivity index (χ0v) is 12.8. The molecule has 0 heterocycles. The SMILES string of the molecule is COc1cc(C(C)(C)CO)ccc1OCc1ccccc1. The van der Waals surface area contributed by atoms with E-state index in [0.717, 1.165) is 11.1 Å². The highest BCUT2D eigenvalue weighted by atomic mass is 16.5. The molecule has 1 N–H and O–H groups in total. The average Bonchev–Trinajstić information content (AvgIpc) is 2.53. The predicted octanol–water partition coefficient (Wildman–Crippen LogP) is 3.54. The van der Waals surface area contributed by atoms with Crippen molar-refractivity contribution in [1.29, 1.82) is 0 Å². The molecule has 3 heteroatoms. The van der Waals surface area contributed by atoms with E-state index in [-0.39, 0.29) is 12.0 Å². The topological polar surface area (TPSA) is 38.7 Å². The molecule has 0 aliphatic carbocycles. The van der Waals surface area contributed by atoms with Crippen molar-refractivity contribution >= 4 is 0 Å². The summed E-state index contributed by atoms with van der Waals surface area (Å²) in [7, 11) is 1.63. The van der Waals surface area contributed by atoms with Gasteiger partial charge in [0, 0.05) is 5.41 Å². The van der Waals surface area contributed by atoms with Crippen molar-refractivity contribution in [2.24, 2.45) is 0 Å². The summed E-state index contributed by atoms with van der Waals surface area (Å²) in [6, 6.07) is 15.8. The maximum Gasteiger partial charge on any atom is 0.161 e. The Morgan fingerprint density at radius 3 is 2.33 bits per heavy atom. The van der Waals surface area contributed by atoms with Gasteiger partial charge in [-0.3, -0.25) is 0 Å². The average molecular weight is 286 g/mol. The number of aliphatic hydroxyl groups is 1. The number of hydrogen-bond donors (Lipinski definition) is 1. The van der Waals surface area contributed by atoms with E-state index in [2.05, 4.69) is 0 Å². The number of methoxy groups -OCH3 is 1. The summed E-state index contributed by atoms with van der Waals surface area (Å²) in [5.41, 5.74) is 1.83. The molecule has 0 saturated carbocycles. The molecule has 0 aromatic heterocycles. The van der Waals surface area contributed by atoms with Crippen LogP contribution in [-0.2, 0) is 12.0 Å². The van der Waals surface area contributed by atoms with Gasteiger partial charge >= 0.3 is 0 Å². The molecule has 0 unspecified atom stereocenters. The predicted molar refractivity (Wildman–Crippen MR) is 83.9 cm³/mol. The van der Waals surface area contributed by atoms with Gasteiger partial charge in [0.15, 0.2) is 11.5 Å². The Balaban J connectivity index is 2.17. The molecule has 2 aromatic rings. The second kappa shape index (κ2) is 6.64. The van der Waals surface area contributed by atoms with Gasteiger partial charge < -0.3 is 14.6 Å². The van der Waals surface area contributed by atoms with Crippen LogP contribution in [0.15, 0.2) is 48.5 Å². The van der Waals surface area contributed by atoms with Crippen LogP contribution in [-0.4, -0.2) is 18.8 Å². The first-order valence-electron chi connectivity index (χ1n) is 7.03. The molecule has 0 bridgehead atoms. The first-order chi connectivity index (χ1) is 10.1. The van der Waals surface area contributed by atoms with Crippen molar-refractivity contribution in [3.63, 3.8) is 0 Å². The molecule has 0 aliphatic heterocycles. The Morgan fingerprint density at radius 1 is 1.00 bits per heavy atom. The fourth-order valence-electron chi connectivity index (χ4n) is 2.03. The van der Waals surface area contributed by atoms with E-state index in [4.69, 9.17) is 9.47 Å². The summed E-state index contributed by atoms with van der Waals surface area (Å²) in [6.07, 6.45) is 0. The molecule has 2 rings (SSSR count). The summed E-state index contributed by atoms with van der Waals surface area (Å²) in [5.74, 6) is 1.39. The smallest absolute Gasteiger partial charge is 0.161 e. The third-order valence-electron chi connectivity index (χ3n) is 3.58. The van der Waals surface area contributed by atoms with E-state index >= 15 is 0 Å². The van der Waals surface area contributed by atoms with Crippen LogP contribution in [0.3, 0.4) is 0 Å². The normalized spacial score (nSPS) is 11.2. The Morgan fingerprint density at radius 2 is 1.71 bits per heavy atom. The Hall–Kier alpha value is -2.00. The van der Waals surface area contributed by atoms with E-state index in [1.807, 2.05) is 62.4 Å². The molecule has 0 atom stereocenters. The molecule has 0 radical (unpaired) electrons. The van der Waals surface area contributed by atoms with Gasteiger partial charge in [-0.15, -0.1) is 0 Å². The molecule has 112 valence electrons. The molecular weight excluding hydrogens is 264 g/mol. The van der Waals surface area contributed by atoms with E-state index in [1.165, 1.54) is 0 Å². The standard InChI is InChI=1S/C18H22O3/c1-18(2,13-19)15-9-10-16(17(11-15)20-3)21-12-14-7-5-4-6-8-14/h4-11,19H,12-13H2,1-3H3. The number of aliphatic hydroxyl groups excluding tert-OH is 1. The molecule has 3 nitrogen and oxygen atoms in total. The summed E-state index contributed by atoms with van der Waals surface area (Å²) in [5, 5.41) is 9.46. The van der Waals surface area contributed by atoms with E-state index in [0.29, 0.717) is 18.1 Å². The quantitative estimate of drug-likeness (QED) is 0.882. The maximum atomic E-state index is 9.46. The molecule has 0 saturated heterocycles. The first-order valence-corrected chi connectivity index (χ1v) is 7.03. The van der Waals surface area contributed by atoms with Crippen molar-refractivity contribution in [3.05, 3.63) is 59.7 Å². The zero-order chi connectivity index (χ0) is 15.3. The lowest BCUT2D eigenvalue weighted by atomic mass is 9.85.